The molecular weight excluding hydrogens is 236 g/mol. The molecular formula is C13H25ClN2O. The van der Waals surface area contributed by atoms with Crippen LogP contribution in [0.15, 0.2) is 0 Å². The first kappa shape index (κ1) is 14.8. The highest BCUT2D eigenvalue weighted by Gasteiger charge is 2.48. The van der Waals surface area contributed by atoms with Crippen LogP contribution in [-0.2, 0) is 4.79 Å². The lowest BCUT2D eigenvalue weighted by atomic mass is 9.65. The van der Waals surface area contributed by atoms with Crippen LogP contribution in [0, 0.1) is 11.3 Å². The lowest BCUT2D eigenvalue weighted by molar-refractivity contribution is -0.123. The Labute approximate surface area is 110 Å². The van der Waals surface area contributed by atoms with Crippen molar-refractivity contribution in [2.45, 2.75) is 57.9 Å². The Kier molecular flexibility index (Phi) is 5.26. The van der Waals surface area contributed by atoms with Gasteiger partial charge in [-0.15, -0.1) is 12.4 Å². The van der Waals surface area contributed by atoms with E-state index in [1.165, 1.54) is 32.1 Å². The Morgan fingerprint density at radius 1 is 1.47 bits per heavy atom. The zero-order valence-electron chi connectivity index (χ0n) is 10.7. The number of hydrogen-bond donors (Lipinski definition) is 2. The highest BCUT2D eigenvalue weighted by Crippen LogP contribution is 2.56. The van der Waals surface area contributed by atoms with E-state index in [0.717, 1.165) is 25.3 Å². The van der Waals surface area contributed by atoms with Gasteiger partial charge in [0.2, 0.25) is 5.91 Å². The summed E-state index contributed by atoms with van der Waals surface area (Å²) in [4.78, 5) is 11.7. The number of nitrogens with two attached hydrogens (primary N) is 1. The predicted octanol–water partition coefficient (Wildman–Crippen LogP) is 2.23. The maximum atomic E-state index is 11.7. The average molecular weight is 261 g/mol. The van der Waals surface area contributed by atoms with E-state index in [0.29, 0.717) is 5.41 Å². The van der Waals surface area contributed by atoms with Gasteiger partial charge in [0.15, 0.2) is 0 Å². The van der Waals surface area contributed by atoms with Gasteiger partial charge in [-0.25, -0.2) is 0 Å². The van der Waals surface area contributed by atoms with Gasteiger partial charge in [0.05, 0.1) is 6.04 Å². The molecule has 1 amide bonds. The molecule has 2 rings (SSSR count). The summed E-state index contributed by atoms with van der Waals surface area (Å²) < 4.78 is 0. The summed E-state index contributed by atoms with van der Waals surface area (Å²) in [6.07, 6.45) is 8.47. The summed E-state index contributed by atoms with van der Waals surface area (Å²) >= 11 is 0. The summed E-state index contributed by atoms with van der Waals surface area (Å²) in [7, 11) is 0. The van der Waals surface area contributed by atoms with Crippen LogP contribution in [-0.4, -0.2) is 18.5 Å². The SMILES string of the molecule is CCCC(N)C(=O)NCC1(C2CC2)CCC1.Cl. The molecule has 0 spiro atoms. The fourth-order valence-electron chi connectivity index (χ4n) is 2.89. The minimum atomic E-state index is -0.304. The van der Waals surface area contributed by atoms with E-state index in [2.05, 4.69) is 12.2 Å². The van der Waals surface area contributed by atoms with Gasteiger partial charge in [0, 0.05) is 6.54 Å². The fraction of sp³-hybridized carbons (Fsp3) is 0.923. The smallest absolute Gasteiger partial charge is 0.236 e. The number of nitrogens with one attached hydrogen (secondary N) is 1. The van der Waals surface area contributed by atoms with Gasteiger partial charge in [-0.1, -0.05) is 19.8 Å². The van der Waals surface area contributed by atoms with Crippen molar-refractivity contribution in [2.24, 2.45) is 17.1 Å². The van der Waals surface area contributed by atoms with Gasteiger partial charge in [0.25, 0.3) is 0 Å². The molecule has 0 saturated heterocycles. The molecule has 17 heavy (non-hydrogen) atoms. The zero-order valence-corrected chi connectivity index (χ0v) is 11.5. The maximum Gasteiger partial charge on any atom is 0.236 e. The second-order valence-electron chi connectivity index (χ2n) is 5.60. The van der Waals surface area contributed by atoms with Crippen LogP contribution in [0.4, 0.5) is 0 Å². The quantitative estimate of drug-likeness (QED) is 0.770. The van der Waals surface area contributed by atoms with Crippen LogP contribution < -0.4 is 11.1 Å². The number of amides is 1. The summed E-state index contributed by atoms with van der Waals surface area (Å²) in [5.41, 5.74) is 6.26. The molecule has 4 heteroatoms. The first-order valence-electron chi connectivity index (χ1n) is 6.71. The number of rotatable bonds is 6. The molecule has 0 radical (unpaired) electrons. The van der Waals surface area contributed by atoms with Gasteiger partial charge >= 0.3 is 0 Å². The third-order valence-corrected chi connectivity index (χ3v) is 4.34. The molecule has 2 aliphatic rings. The average Bonchev–Trinajstić information content (AvgIpc) is 3.00. The first-order valence-corrected chi connectivity index (χ1v) is 6.71. The molecule has 100 valence electrons. The van der Waals surface area contributed by atoms with Crippen LogP contribution >= 0.6 is 12.4 Å². The van der Waals surface area contributed by atoms with E-state index in [1.807, 2.05) is 0 Å². The third kappa shape index (κ3) is 3.35. The largest absolute Gasteiger partial charge is 0.354 e. The van der Waals surface area contributed by atoms with Gasteiger partial charge in [-0.2, -0.15) is 0 Å². The van der Waals surface area contributed by atoms with E-state index >= 15 is 0 Å². The Morgan fingerprint density at radius 2 is 2.12 bits per heavy atom. The maximum absolute atomic E-state index is 11.7. The van der Waals surface area contributed by atoms with Crippen molar-refractivity contribution in [3.8, 4) is 0 Å². The van der Waals surface area contributed by atoms with Crippen molar-refractivity contribution in [1.82, 2.24) is 5.32 Å². The molecule has 0 heterocycles. The topological polar surface area (TPSA) is 55.1 Å². The normalized spacial score (nSPS) is 23.2. The van der Waals surface area contributed by atoms with E-state index in [4.69, 9.17) is 5.73 Å². The van der Waals surface area contributed by atoms with Crippen LogP contribution in [0.5, 0.6) is 0 Å². The van der Waals surface area contributed by atoms with Gasteiger partial charge in [0.1, 0.15) is 0 Å². The number of halogens is 1. The molecule has 0 aromatic heterocycles. The van der Waals surface area contributed by atoms with Gasteiger partial charge in [-0.3, -0.25) is 4.79 Å². The highest BCUT2D eigenvalue weighted by atomic mass is 35.5. The summed E-state index contributed by atoms with van der Waals surface area (Å²) in [6.45, 7) is 2.93. The van der Waals surface area contributed by atoms with E-state index in [-0.39, 0.29) is 24.4 Å². The first-order chi connectivity index (χ1) is 7.68. The molecule has 2 fully saturated rings. The van der Waals surface area contributed by atoms with Crippen molar-refractivity contribution < 1.29 is 4.79 Å². The Bertz CT molecular complexity index is 262. The Morgan fingerprint density at radius 3 is 2.53 bits per heavy atom. The standard InChI is InChI=1S/C13H24N2O.ClH/c1-2-4-11(14)12(16)15-9-13(7-3-8-13)10-5-6-10;/h10-11H,2-9,14H2,1H3,(H,15,16);1H. The van der Waals surface area contributed by atoms with Crippen LogP contribution in [0.25, 0.3) is 0 Å². The van der Waals surface area contributed by atoms with Crippen molar-refractivity contribution in [3.63, 3.8) is 0 Å². The lowest BCUT2D eigenvalue weighted by Gasteiger charge is -2.42. The molecule has 2 saturated carbocycles. The summed E-state index contributed by atoms with van der Waals surface area (Å²) in [6, 6.07) is -0.304. The molecule has 2 aliphatic carbocycles. The number of carbonyl (C=O) groups excluding carboxylic acids is 1. The highest BCUT2D eigenvalue weighted by molar-refractivity contribution is 5.85. The van der Waals surface area contributed by atoms with Crippen molar-refractivity contribution >= 4 is 18.3 Å². The molecule has 0 aromatic carbocycles. The Balaban J connectivity index is 0.00000144. The second kappa shape index (κ2) is 6.05. The predicted molar refractivity (Wildman–Crippen MR) is 72.1 cm³/mol. The number of hydrogen-bond acceptors (Lipinski definition) is 2. The molecule has 0 aromatic rings. The number of carbonyl (C=O) groups is 1. The van der Waals surface area contributed by atoms with Crippen LogP contribution in [0.1, 0.15) is 51.9 Å². The van der Waals surface area contributed by atoms with Gasteiger partial charge < -0.3 is 11.1 Å². The summed E-state index contributed by atoms with van der Waals surface area (Å²) in [5, 5.41) is 3.07. The van der Waals surface area contributed by atoms with Crippen molar-refractivity contribution in [1.29, 1.82) is 0 Å². The fourth-order valence-corrected chi connectivity index (χ4v) is 2.89. The van der Waals surface area contributed by atoms with Crippen molar-refractivity contribution in [2.75, 3.05) is 6.54 Å². The van der Waals surface area contributed by atoms with Crippen LogP contribution in [0.2, 0.25) is 0 Å². The minimum Gasteiger partial charge on any atom is -0.354 e. The minimum absolute atomic E-state index is 0. The summed E-state index contributed by atoms with van der Waals surface area (Å²) in [5.74, 6) is 0.942. The van der Waals surface area contributed by atoms with E-state index in [1.54, 1.807) is 0 Å². The molecule has 3 nitrogen and oxygen atoms in total. The molecule has 0 bridgehead atoms. The van der Waals surface area contributed by atoms with E-state index < -0.39 is 0 Å². The van der Waals surface area contributed by atoms with Gasteiger partial charge in [-0.05, 0) is 43.4 Å². The van der Waals surface area contributed by atoms with Crippen molar-refractivity contribution in [3.05, 3.63) is 0 Å². The molecule has 1 atom stereocenters. The monoisotopic (exact) mass is 260 g/mol. The second-order valence-corrected chi connectivity index (χ2v) is 5.60. The molecule has 0 aliphatic heterocycles. The van der Waals surface area contributed by atoms with Crippen LogP contribution in [0.3, 0.4) is 0 Å². The lowest BCUT2D eigenvalue weighted by Crippen LogP contribution is -2.48. The molecule has 3 N–H and O–H groups in total. The third-order valence-electron chi connectivity index (χ3n) is 4.34. The zero-order chi connectivity index (χ0) is 11.6. The molecule has 1 unspecified atom stereocenters. The van der Waals surface area contributed by atoms with E-state index in [9.17, 15) is 4.79 Å². The Hall–Kier alpha value is -0.280.